The number of aromatic nitrogens is 3. The van der Waals surface area contributed by atoms with E-state index in [0.29, 0.717) is 17.9 Å². The van der Waals surface area contributed by atoms with Crippen LogP contribution in [0.5, 0.6) is 0 Å². The van der Waals surface area contributed by atoms with Crippen molar-refractivity contribution in [1.82, 2.24) is 15.1 Å². The van der Waals surface area contributed by atoms with E-state index < -0.39 is 0 Å². The highest BCUT2D eigenvalue weighted by molar-refractivity contribution is 6.06. The lowest BCUT2D eigenvalue weighted by molar-refractivity contribution is 0.102. The molecule has 0 unspecified atom stereocenters. The molecule has 0 saturated heterocycles. The van der Waals surface area contributed by atoms with Gasteiger partial charge in [0.15, 0.2) is 5.82 Å². The Bertz CT molecular complexity index is 594. The standard InChI is InChI=1S/C12H15N5O2/c1-4-13-10-5-7(2)14-6-9(10)11(18)16-12-15-8(3)17-19-12/h5-6H,4H2,1-3H3,(H,13,14)(H,15,16,17,18). The van der Waals surface area contributed by atoms with Gasteiger partial charge in [-0.15, -0.1) is 0 Å². The van der Waals surface area contributed by atoms with Gasteiger partial charge < -0.3 is 9.84 Å². The number of carbonyl (C=O) groups excluding carboxylic acids is 1. The second-order valence-corrected chi connectivity index (χ2v) is 4.00. The molecule has 0 spiro atoms. The minimum atomic E-state index is -0.341. The molecule has 0 aromatic carbocycles. The van der Waals surface area contributed by atoms with Crippen LogP contribution in [-0.2, 0) is 0 Å². The first kappa shape index (κ1) is 13.0. The van der Waals surface area contributed by atoms with Crippen molar-refractivity contribution >= 4 is 17.6 Å². The summed E-state index contributed by atoms with van der Waals surface area (Å²) in [4.78, 5) is 20.2. The molecule has 1 amide bonds. The van der Waals surface area contributed by atoms with Gasteiger partial charge in [-0.2, -0.15) is 4.98 Å². The molecular formula is C12H15N5O2. The van der Waals surface area contributed by atoms with E-state index in [1.165, 1.54) is 6.20 Å². The van der Waals surface area contributed by atoms with Crippen LogP contribution in [0.15, 0.2) is 16.8 Å². The lowest BCUT2D eigenvalue weighted by Crippen LogP contribution is -2.15. The Morgan fingerprint density at radius 3 is 2.84 bits per heavy atom. The molecule has 0 fully saturated rings. The summed E-state index contributed by atoms with van der Waals surface area (Å²) < 4.78 is 4.85. The van der Waals surface area contributed by atoms with Gasteiger partial charge in [-0.1, -0.05) is 5.16 Å². The Balaban J connectivity index is 2.23. The van der Waals surface area contributed by atoms with Crippen LogP contribution in [0.3, 0.4) is 0 Å². The third-order valence-corrected chi connectivity index (χ3v) is 2.40. The molecule has 0 aliphatic heterocycles. The number of amides is 1. The number of hydrogen-bond donors (Lipinski definition) is 2. The lowest BCUT2D eigenvalue weighted by Gasteiger charge is -2.09. The van der Waals surface area contributed by atoms with Gasteiger partial charge in [0, 0.05) is 18.4 Å². The third-order valence-electron chi connectivity index (χ3n) is 2.40. The molecule has 100 valence electrons. The summed E-state index contributed by atoms with van der Waals surface area (Å²) in [7, 11) is 0. The fourth-order valence-corrected chi connectivity index (χ4v) is 1.59. The SMILES string of the molecule is CCNc1cc(C)ncc1C(=O)Nc1nc(C)no1. The summed E-state index contributed by atoms with van der Waals surface area (Å²) in [6.07, 6.45) is 1.52. The minimum absolute atomic E-state index is 0.0746. The molecule has 0 atom stereocenters. The summed E-state index contributed by atoms with van der Waals surface area (Å²) in [5.41, 5.74) is 1.99. The maximum Gasteiger partial charge on any atom is 0.328 e. The second-order valence-electron chi connectivity index (χ2n) is 4.00. The van der Waals surface area contributed by atoms with Crippen molar-refractivity contribution in [2.45, 2.75) is 20.8 Å². The zero-order chi connectivity index (χ0) is 13.8. The van der Waals surface area contributed by atoms with Crippen molar-refractivity contribution in [1.29, 1.82) is 0 Å². The van der Waals surface area contributed by atoms with Gasteiger partial charge in [-0.3, -0.25) is 15.1 Å². The van der Waals surface area contributed by atoms with Crippen molar-refractivity contribution in [3.63, 3.8) is 0 Å². The van der Waals surface area contributed by atoms with Crippen LogP contribution in [0.2, 0.25) is 0 Å². The van der Waals surface area contributed by atoms with E-state index in [1.807, 2.05) is 19.9 Å². The quantitative estimate of drug-likeness (QED) is 0.871. The predicted molar refractivity (Wildman–Crippen MR) is 70.1 cm³/mol. The molecule has 0 bridgehead atoms. The number of rotatable bonds is 4. The highest BCUT2D eigenvalue weighted by Gasteiger charge is 2.15. The highest BCUT2D eigenvalue weighted by Crippen LogP contribution is 2.17. The predicted octanol–water partition coefficient (Wildman–Crippen LogP) is 1.77. The number of pyridine rings is 1. The largest absolute Gasteiger partial charge is 0.385 e. The molecule has 2 heterocycles. The van der Waals surface area contributed by atoms with Crippen LogP contribution >= 0.6 is 0 Å². The minimum Gasteiger partial charge on any atom is -0.385 e. The highest BCUT2D eigenvalue weighted by atomic mass is 16.5. The molecular weight excluding hydrogens is 246 g/mol. The summed E-state index contributed by atoms with van der Waals surface area (Å²) in [5, 5.41) is 9.26. The first-order valence-electron chi connectivity index (χ1n) is 5.92. The Hall–Kier alpha value is -2.44. The number of anilines is 2. The number of nitrogens with zero attached hydrogens (tertiary/aromatic N) is 3. The van der Waals surface area contributed by atoms with Crippen molar-refractivity contribution < 1.29 is 9.32 Å². The summed E-state index contributed by atoms with van der Waals surface area (Å²) in [5.74, 6) is 0.122. The van der Waals surface area contributed by atoms with E-state index in [-0.39, 0.29) is 11.9 Å². The summed E-state index contributed by atoms with van der Waals surface area (Å²) in [6.45, 7) is 6.21. The van der Waals surface area contributed by atoms with E-state index in [2.05, 4.69) is 25.8 Å². The van der Waals surface area contributed by atoms with Crippen LogP contribution in [0, 0.1) is 13.8 Å². The molecule has 7 nitrogen and oxygen atoms in total. The normalized spacial score (nSPS) is 10.3. The maximum atomic E-state index is 12.1. The Kier molecular flexibility index (Phi) is 3.74. The number of hydrogen-bond acceptors (Lipinski definition) is 6. The molecule has 2 aromatic heterocycles. The molecule has 0 aliphatic rings. The van der Waals surface area contributed by atoms with Crippen LogP contribution in [0.25, 0.3) is 0 Å². The van der Waals surface area contributed by atoms with E-state index in [9.17, 15) is 4.79 Å². The van der Waals surface area contributed by atoms with Crippen LogP contribution in [-0.4, -0.2) is 27.6 Å². The molecule has 2 rings (SSSR count). The zero-order valence-electron chi connectivity index (χ0n) is 11.0. The van der Waals surface area contributed by atoms with Crippen molar-refractivity contribution in [2.24, 2.45) is 0 Å². The van der Waals surface area contributed by atoms with Gasteiger partial charge in [0.1, 0.15) is 0 Å². The summed E-state index contributed by atoms with van der Waals surface area (Å²) >= 11 is 0. The van der Waals surface area contributed by atoms with Gasteiger partial charge in [-0.25, -0.2) is 0 Å². The topological polar surface area (TPSA) is 92.9 Å². The third kappa shape index (κ3) is 3.06. The molecule has 2 N–H and O–H groups in total. The van der Waals surface area contributed by atoms with E-state index in [0.717, 1.165) is 11.4 Å². The average Bonchev–Trinajstić information content (AvgIpc) is 2.75. The average molecular weight is 261 g/mol. The number of nitrogens with one attached hydrogen (secondary N) is 2. The lowest BCUT2D eigenvalue weighted by atomic mass is 10.2. The van der Waals surface area contributed by atoms with Crippen LogP contribution in [0.4, 0.5) is 11.7 Å². The fraction of sp³-hybridized carbons (Fsp3) is 0.333. The Morgan fingerprint density at radius 2 is 2.21 bits per heavy atom. The molecule has 0 aliphatic carbocycles. The van der Waals surface area contributed by atoms with Gasteiger partial charge >= 0.3 is 6.01 Å². The van der Waals surface area contributed by atoms with Gasteiger partial charge in [0.25, 0.3) is 5.91 Å². The van der Waals surface area contributed by atoms with Gasteiger partial charge in [0.2, 0.25) is 0 Å². The molecule has 19 heavy (non-hydrogen) atoms. The van der Waals surface area contributed by atoms with E-state index >= 15 is 0 Å². The maximum absolute atomic E-state index is 12.1. The molecule has 0 radical (unpaired) electrons. The Morgan fingerprint density at radius 1 is 1.42 bits per heavy atom. The van der Waals surface area contributed by atoms with Crippen molar-refractivity contribution in [3.05, 3.63) is 29.3 Å². The fourth-order valence-electron chi connectivity index (χ4n) is 1.59. The smallest absolute Gasteiger partial charge is 0.328 e. The van der Waals surface area contributed by atoms with E-state index in [1.54, 1.807) is 6.92 Å². The van der Waals surface area contributed by atoms with Crippen LogP contribution in [0.1, 0.15) is 28.8 Å². The summed E-state index contributed by atoms with van der Waals surface area (Å²) in [6, 6.07) is 1.89. The first-order chi connectivity index (χ1) is 9.10. The van der Waals surface area contributed by atoms with Gasteiger partial charge in [-0.05, 0) is 26.8 Å². The van der Waals surface area contributed by atoms with Crippen molar-refractivity contribution in [3.8, 4) is 0 Å². The van der Waals surface area contributed by atoms with Crippen LogP contribution < -0.4 is 10.6 Å². The molecule has 7 heteroatoms. The molecule has 2 aromatic rings. The molecule has 0 saturated carbocycles. The van der Waals surface area contributed by atoms with Crippen molar-refractivity contribution in [2.75, 3.05) is 17.2 Å². The zero-order valence-corrected chi connectivity index (χ0v) is 11.0. The van der Waals surface area contributed by atoms with E-state index in [4.69, 9.17) is 4.52 Å². The monoisotopic (exact) mass is 261 g/mol. The first-order valence-corrected chi connectivity index (χ1v) is 5.92. The Labute approximate surface area is 110 Å². The van der Waals surface area contributed by atoms with Gasteiger partial charge in [0.05, 0.1) is 11.3 Å². The number of aryl methyl sites for hydroxylation is 2. The number of carbonyl (C=O) groups is 1. The second kappa shape index (κ2) is 5.47.